The second-order valence-corrected chi connectivity index (χ2v) is 6.23. The van der Waals surface area contributed by atoms with Crippen molar-refractivity contribution in [2.24, 2.45) is 0 Å². The van der Waals surface area contributed by atoms with Crippen LogP contribution in [-0.4, -0.2) is 16.0 Å². The first-order valence-corrected chi connectivity index (χ1v) is 7.95. The third-order valence-electron chi connectivity index (χ3n) is 4.23. The molecule has 132 valence electrons. The number of nitrogens with zero attached hydrogens (tertiary/aromatic N) is 1. The molecule has 0 radical (unpaired) electrons. The number of aliphatic hydroxyl groups excluding tert-OH is 1. The number of benzene rings is 1. The topological polar surface area (TPSA) is 62.2 Å². The molecule has 1 aliphatic rings. The number of carbonyl (C=O) groups excluding carboxylic acids is 1. The fourth-order valence-corrected chi connectivity index (χ4v) is 3.17. The Hall–Kier alpha value is -2.12. The van der Waals surface area contributed by atoms with Crippen LogP contribution in [-0.2, 0) is 17.0 Å². The Labute approximate surface area is 146 Å². The highest BCUT2D eigenvalue weighted by molar-refractivity contribution is 6.31. The van der Waals surface area contributed by atoms with Crippen LogP contribution in [0.25, 0.3) is 0 Å². The summed E-state index contributed by atoms with van der Waals surface area (Å²) in [6.45, 7) is -0.395. The van der Waals surface area contributed by atoms with Gasteiger partial charge in [-0.15, -0.1) is 0 Å². The van der Waals surface area contributed by atoms with E-state index in [4.69, 9.17) is 11.6 Å². The molecule has 1 aromatic heterocycles. The molecular formula is C17H14ClF3N2O2. The molecule has 0 spiro atoms. The lowest BCUT2D eigenvalue weighted by Gasteiger charge is -2.32. The average Bonchev–Trinajstić information content (AvgIpc) is 2.57. The van der Waals surface area contributed by atoms with Gasteiger partial charge < -0.3 is 10.4 Å². The highest BCUT2D eigenvalue weighted by Crippen LogP contribution is 2.42. The van der Waals surface area contributed by atoms with Crippen LogP contribution in [0, 0.1) is 11.6 Å². The third-order valence-corrected chi connectivity index (χ3v) is 4.57. The minimum atomic E-state index is -2.40. The first-order chi connectivity index (χ1) is 11.8. The number of alkyl halides is 1. The summed E-state index contributed by atoms with van der Waals surface area (Å²) in [6.07, 6.45) is 0.244. The number of nitrogens with one attached hydrogen (secondary N) is 1. The highest BCUT2D eigenvalue weighted by atomic mass is 35.5. The molecule has 0 saturated carbocycles. The van der Waals surface area contributed by atoms with Crippen LogP contribution in [0.5, 0.6) is 0 Å². The third kappa shape index (κ3) is 3.21. The van der Waals surface area contributed by atoms with Gasteiger partial charge in [-0.05, 0) is 25.0 Å². The molecule has 1 aliphatic carbocycles. The van der Waals surface area contributed by atoms with Crippen molar-refractivity contribution in [1.82, 2.24) is 10.3 Å². The normalized spacial score (nSPS) is 22.4. The fourth-order valence-electron chi connectivity index (χ4n) is 2.91. The lowest BCUT2D eigenvalue weighted by molar-refractivity contribution is -0.135. The molecule has 1 amide bonds. The van der Waals surface area contributed by atoms with E-state index in [-0.39, 0.29) is 34.7 Å². The molecule has 2 aromatic rings. The predicted octanol–water partition coefficient (Wildman–Crippen LogP) is 3.32. The maximum Gasteiger partial charge on any atom is 0.262 e. The van der Waals surface area contributed by atoms with Crippen LogP contribution >= 0.6 is 11.6 Å². The number of hydrogen-bond acceptors (Lipinski definition) is 3. The summed E-state index contributed by atoms with van der Waals surface area (Å²) in [7, 11) is 0. The number of carbonyl (C=O) groups is 1. The smallest absolute Gasteiger partial charge is 0.262 e. The zero-order valence-corrected chi connectivity index (χ0v) is 13.7. The molecule has 0 unspecified atom stereocenters. The number of amides is 1. The molecular weight excluding hydrogens is 357 g/mol. The minimum Gasteiger partial charge on any atom is -0.387 e. The maximum atomic E-state index is 15.4. The Bertz CT molecular complexity index is 810. The van der Waals surface area contributed by atoms with Gasteiger partial charge in [0.25, 0.3) is 5.91 Å². The molecule has 0 bridgehead atoms. The monoisotopic (exact) mass is 370 g/mol. The van der Waals surface area contributed by atoms with Gasteiger partial charge in [0.1, 0.15) is 11.6 Å². The van der Waals surface area contributed by atoms with E-state index >= 15 is 4.39 Å². The first kappa shape index (κ1) is 17.7. The van der Waals surface area contributed by atoms with Gasteiger partial charge in [-0.3, -0.25) is 9.78 Å². The Morgan fingerprint density at radius 3 is 2.92 bits per heavy atom. The van der Waals surface area contributed by atoms with E-state index in [1.165, 1.54) is 18.3 Å². The van der Waals surface area contributed by atoms with E-state index in [9.17, 15) is 18.7 Å². The zero-order valence-electron chi connectivity index (χ0n) is 12.9. The van der Waals surface area contributed by atoms with Gasteiger partial charge in [0.2, 0.25) is 5.67 Å². The molecule has 0 fully saturated rings. The van der Waals surface area contributed by atoms with Crippen molar-refractivity contribution in [3.05, 3.63) is 63.9 Å². The van der Waals surface area contributed by atoms with Crippen LogP contribution < -0.4 is 5.32 Å². The van der Waals surface area contributed by atoms with E-state index in [2.05, 4.69) is 10.3 Å². The summed E-state index contributed by atoms with van der Waals surface area (Å²) in [4.78, 5) is 16.4. The molecule has 1 aromatic carbocycles. The standard InChI is InChI=1S/C17H14ClF3N2O2/c18-12-6-9(19)7-13(20)10(12)8-23-16(25)17(21)4-3-14(24)15-11(17)2-1-5-22-15/h1-2,5-7,14,24H,3-4,8H2,(H,23,25)/t14-,17-/m0/s1. The van der Waals surface area contributed by atoms with Crippen molar-refractivity contribution in [2.45, 2.75) is 31.2 Å². The molecule has 0 saturated heterocycles. The first-order valence-electron chi connectivity index (χ1n) is 7.57. The SMILES string of the molecule is O=C(NCc1c(F)cc(F)cc1Cl)[C@]1(F)CC[C@H](O)c2ncccc21. The second kappa shape index (κ2) is 6.65. The van der Waals surface area contributed by atoms with Crippen molar-refractivity contribution in [3.8, 4) is 0 Å². The largest absolute Gasteiger partial charge is 0.387 e. The fraction of sp³-hybridized carbons (Fsp3) is 0.294. The lowest BCUT2D eigenvalue weighted by atomic mass is 9.81. The molecule has 1 heterocycles. The van der Waals surface area contributed by atoms with Crippen LogP contribution in [0.15, 0.2) is 30.5 Å². The summed E-state index contributed by atoms with van der Waals surface area (Å²) in [5.41, 5.74) is -2.44. The van der Waals surface area contributed by atoms with Gasteiger partial charge in [0, 0.05) is 29.9 Å². The Morgan fingerprint density at radius 2 is 2.20 bits per heavy atom. The van der Waals surface area contributed by atoms with Gasteiger partial charge in [0.15, 0.2) is 0 Å². The number of pyridine rings is 1. The molecule has 2 N–H and O–H groups in total. The predicted molar refractivity (Wildman–Crippen MR) is 84.4 cm³/mol. The van der Waals surface area contributed by atoms with E-state index in [1.807, 2.05) is 0 Å². The second-order valence-electron chi connectivity index (χ2n) is 5.82. The summed E-state index contributed by atoms with van der Waals surface area (Å²) in [6, 6.07) is 4.40. The van der Waals surface area contributed by atoms with Gasteiger partial charge in [-0.1, -0.05) is 17.7 Å². The summed E-state index contributed by atoms with van der Waals surface area (Å²) in [5, 5.41) is 12.0. The number of aliphatic hydroxyl groups is 1. The van der Waals surface area contributed by atoms with Crippen molar-refractivity contribution in [2.75, 3.05) is 0 Å². The number of hydrogen-bond donors (Lipinski definition) is 2. The van der Waals surface area contributed by atoms with Gasteiger partial charge in [-0.25, -0.2) is 13.2 Å². The van der Waals surface area contributed by atoms with Gasteiger partial charge >= 0.3 is 0 Å². The summed E-state index contributed by atoms with van der Waals surface area (Å²) >= 11 is 5.77. The quantitative estimate of drug-likeness (QED) is 0.871. The molecule has 2 atom stereocenters. The molecule has 25 heavy (non-hydrogen) atoms. The number of rotatable bonds is 3. The van der Waals surface area contributed by atoms with E-state index < -0.39 is 35.9 Å². The Balaban J connectivity index is 1.84. The zero-order chi connectivity index (χ0) is 18.2. The Morgan fingerprint density at radius 1 is 1.44 bits per heavy atom. The lowest BCUT2D eigenvalue weighted by Crippen LogP contribution is -2.44. The summed E-state index contributed by atoms with van der Waals surface area (Å²) < 4.78 is 42.2. The summed E-state index contributed by atoms with van der Waals surface area (Å²) in [5.74, 6) is -2.77. The maximum absolute atomic E-state index is 15.4. The van der Waals surface area contributed by atoms with E-state index in [0.29, 0.717) is 6.07 Å². The Kier molecular flexibility index (Phi) is 4.71. The number of halogens is 4. The van der Waals surface area contributed by atoms with E-state index in [0.717, 1.165) is 6.07 Å². The van der Waals surface area contributed by atoms with Crippen LogP contribution in [0.1, 0.15) is 35.8 Å². The minimum absolute atomic E-state index is 0.0167. The molecule has 8 heteroatoms. The van der Waals surface area contributed by atoms with Crippen molar-refractivity contribution in [3.63, 3.8) is 0 Å². The number of aromatic nitrogens is 1. The van der Waals surface area contributed by atoms with Crippen LogP contribution in [0.3, 0.4) is 0 Å². The van der Waals surface area contributed by atoms with Crippen molar-refractivity contribution in [1.29, 1.82) is 0 Å². The molecule has 3 rings (SSSR count). The molecule has 4 nitrogen and oxygen atoms in total. The van der Waals surface area contributed by atoms with Crippen LogP contribution in [0.4, 0.5) is 13.2 Å². The van der Waals surface area contributed by atoms with Crippen LogP contribution in [0.2, 0.25) is 5.02 Å². The van der Waals surface area contributed by atoms with Crippen molar-refractivity contribution < 1.29 is 23.1 Å². The number of fused-ring (bicyclic) bond motifs is 1. The van der Waals surface area contributed by atoms with Gasteiger partial charge in [-0.2, -0.15) is 0 Å². The van der Waals surface area contributed by atoms with Gasteiger partial charge in [0.05, 0.1) is 16.8 Å². The van der Waals surface area contributed by atoms with Crippen molar-refractivity contribution >= 4 is 17.5 Å². The van der Waals surface area contributed by atoms with E-state index in [1.54, 1.807) is 0 Å². The average molecular weight is 371 g/mol. The molecule has 0 aliphatic heterocycles. The highest BCUT2D eigenvalue weighted by Gasteiger charge is 2.46.